The van der Waals surface area contributed by atoms with E-state index in [4.69, 9.17) is 9.40 Å². The molecule has 0 bridgehead atoms. The molecular formula is C46H55N3O. The minimum atomic E-state index is -0.0321. The lowest BCUT2D eigenvalue weighted by Crippen LogP contribution is -2.35. The van der Waals surface area contributed by atoms with Crippen LogP contribution in [0.4, 0.5) is 5.69 Å². The Balaban J connectivity index is 1.44. The van der Waals surface area contributed by atoms with Crippen molar-refractivity contribution < 1.29 is 4.42 Å². The van der Waals surface area contributed by atoms with Crippen molar-refractivity contribution in [1.82, 2.24) is 10.4 Å². The van der Waals surface area contributed by atoms with Gasteiger partial charge in [-0.15, -0.1) is 0 Å². The van der Waals surface area contributed by atoms with E-state index in [9.17, 15) is 0 Å². The lowest BCUT2D eigenvalue weighted by atomic mass is 9.77. The molecule has 1 aliphatic rings. The molecule has 0 amide bonds. The highest BCUT2D eigenvalue weighted by atomic mass is 16.3. The molecule has 4 heteroatoms. The van der Waals surface area contributed by atoms with Crippen LogP contribution >= 0.6 is 0 Å². The molecule has 1 aromatic heterocycles. The van der Waals surface area contributed by atoms with Crippen LogP contribution in [0.5, 0.6) is 0 Å². The van der Waals surface area contributed by atoms with Crippen LogP contribution in [-0.4, -0.2) is 4.98 Å². The van der Waals surface area contributed by atoms with Crippen LogP contribution in [0, 0.1) is 0 Å². The highest BCUT2D eigenvalue weighted by molar-refractivity contribution is 5.76. The monoisotopic (exact) mass is 665 g/mol. The predicted octanol–water partition coefficient (Wildman–Crippen LogP) is 12.3. The van der Waals surface area contributed by atoms with Crippen LogP contribution < -0.4 is 10.4 Å². The number of oxazole rings is 1. The van der Waals surface area contributed by atoms with Gasteiger partial charge in [0.1, 0.15) is 5.52 Å². The van der Waals surface area contributed by atoms with Gasteiger partial charge in [0.05, 0.1) is 17.4 Å². The number of nitrogens with one attached hydrogen (secondary N) is 1. The molecule has 0 aliphatic carbocycles. The molecule has 6 rings (SSSR count). The summed E-state index contributed by atoms with van der Waals surface area (Å²) in [6.07, 6.45) is 6.93. The van der Waals surface area contributed by atoms with Gasteiger partial charge < -0.3 is 4.42 Å². The van der Waals surface area contributed by atoms with Crippen LogP contribution in [0.3, 0.4) is 0 Å². The number of aromatic nitrogens is 1. The van der Waals surface area contributed by atoms with Crippen molar-refractivity contribution in [2.24, 2.45) is 0 Å². The summed E-state index contributed by atoms with van der Waals surface area (Å²) in [5.74, 6) is 0.630. The topological polar surface area (TPSA) is 41.3 Å². The Bertz CT molecular complexity index is 2030. The third kappa shape index (κ3) is 7.31. The van der Waals surface area contributed by atoms with E-state index >= 15 is 0 Å². The molecule has 0 fully saturated rings. The summed E-state index contributed by atoms with van der Waals surface area (Å²) in [6, 6.07) is 30.5. The minimum absolute atomic E-state index is 0.0214. The van der Waals surface area contributed by atoms with Crippen molar-refractivity contribution in [2.75, 3.05) is 5.01 Å². The van der Waals surface area contributed by atoms with E-state index in [1.807, 2.05) is 24.3 Å². The van der Waals surface area contributed by atoms with Gasteiger partial charge in [-0.1, -0.05) is 138 Å². The van der Waals surface area contributed by atoms with E-state index in [2.05, 4.69) is 172 Å². The van der Waals surface area contributed by atoms with Crippen molar-refractivity contribution in [1.29, 1.82) is 0 Å². The van der Waals surface area contributed by atoms with Gasteiger partial charge >= 0.3 is 0 Å². The molecule has 4 aromatic carbocycles. The Morgan fingerprint density at radius 2 is 1.24 bits per heavy atom. The summed E-state index contributed by atoms with van der Waals surface area (Å²) < 4.78 is 6.10. The first kappa shape index (κ1) is 35.3. The van der Waals surface area contributed by atoms with Crippen LogP contribution in [0.2, 0.25) is 0 Å². The number of benzene rings is 4. The van der Waals surface area contributed by atoms with Crippen molar-refractivity contribution in [3.8, 4) is 11.5 Å². The predicted molar refractivity (Wildman–Crippen MR) is 213 cm³/mol. The number of hydrazine groups is 1. The van der Waals surface area contributed by atoms with E-state index in [1.54, 1.807) is 0 Å². The third-order valence-corrected chi connectivity index (χ3v) is 9.76. The first-order valence-electron chi connectivity index (χ1n) is 18.0. The summed E-state index contributed by atoms with van der Waals surface area (Å²) in [4.78, 5) is 4.74. The van der Waals surface area contributed by atoms with Crippen molar-refractivity contribution in [3.63, 3.8) is 0 Å². The number of rotatable bonds is 5. The van der Waals surface area contributed by atoms with Gasteiger partial charge in [-0.25, -0.2) is 4.98 Å². The smallest absolute Gasteiger partial charge is 0.227 e. The van der Waals surface area contributed by atoms with Gasteiger partial charge in [-0.2, -0.15) is 0 Å². The van der Waals surface area contributed by atoms with Crippen LogP contribution in [0.1, 0.15) is 123 Å². The Morgan fingerprint density at radius 1 is 0.640 bits per heavy atom. The Kier molecular flexibility index (Phi) is 8.91. The highest BCUT2D eigenvalue weighted by Gasteiger charge is 2.32. The molecule has 0 saturated heterocycles. The number of fused-ring (bicyclic) bond motifs is 1. The normalized spacial score (nSPS) is 16.0. The number of anilines is 1. The third-order valence-electron chi connectivity index (χ3n) is 9.76. The van der Waals surface area contributed by atoms with Crippen LogP contribution in [-0.2, 0) is 21.7 Å². The van der Waals surface area contributed by atoms with E-state index in [0.29, 0.717) is 5.89 Å². The Hall–Kier alpha value is -4.57. The molecule has 2 heterocycles. The van der Waals surface area contributed by atoms with E-state index in [1.165, 1.54) is 33.4 Å². The molecule has 0 spiro atoms. The maximum Gasteiger partial charge on any atom is 0.227 e. The molecule has 0 radical (unpaired) electrons. The van der Waals surface area contributed by atoms with Crippen LogP contribution in [0.15, 0.2) is 107 Å². The van der Waals surface area contributed by atoms with E-state index < -0.39 is 0 Å². The molecular weight excluding hydrogens is 611 g/mol. The average Bonchev–Trinajstić information content (AvgIpc) is 3.67. The van der Waals surface area contributed by atoms with E-state index in [0.717, 1.165) is 28.0 Å². The zero-order valence-electron chi connectivity index (χ0n) is 32.2. The lowest BCUT2D eigenvalue weighted by molar-refractivity contribution is 0.562. The highest BCUT2D eigenvalue weighted by Crippen LogP contribution is 2.41. The second kappa shape index (κ2) is 12.6. The zero-order chi connectivity index (χ0) is 36.2. The SMILES string of the molecule is CC(C)(C)c1ccc(C(C)(C)C)c(C=CC2=CC(c3cc(C(C)(C)C)ccc3C(C)(C)C)N(c3ccc(-c4nc5ccccc5o4)cc3)N2)c1. The van der Waals surface area contributed by atoms with Crippen LogP contribution in [0.25, 0.3) is 28.6 Å². The molecule has 50 heavy (non-hydrogen) atoms. The molecule has 1 unspecified atom stereocenters. The second-order valence-electron chi connectivity index (χ2n) is 18.0. The molecule has 1 N–H and O–H groups in total. The Labute approximate surface area is 300 Å². The van der Waals surface area contributed by atoms with Gasteiger partial charge in [0, 0.05) is 5.56 Å². The number of allylic oxidation sites excluding steroid dienone is 1. The maximum absolute atomic E-state index is 6.10. The molecule has 0 saturated carbocycles. The maximum atomic E-state index is 6.10. The van der Waals surface area contributed by atoms with Crippen molar-refractivity contribution in [2.45, 2.75) is 111 Å². The largest absolute Gasteiger partial charge is 0.436 e. The fourth-order valence-corrected chi connectivity index (χ4v) is 6.78. The number of hydrogen-bond donors (Lipinski definition) is 1. The summed E-state index contributed by atoms with van der Waals surface area (Å²) in [7, 11) is 0. The van der Waals surface area contributed by atoms with Gasteiger partial charge in [0.15, 0.2) is 5.58 Å². The van der Waals surface area contributed by atoms with Gasteiger partial charge in [0.25, 0.3) is 0 Å². The number of hydrogen-bond acceptors (Lipinski definition) is 4. The summed E-state index contributed by atoms with van der Waals surface area (Å²) in [5.41, 5.74) is 16.6. The molecule has 1 aliphatic heterocycles. The fraction of sp³-hybridized carbons (Fsp3) is 0.370. The molecule has 1 atom stereocenters. The van der Waals surface area contributed by atoms with Crippen molar-refractivity contribution in [3.05, 3.63) is 136 Å². The second-order valence-corrected chi connectivity index (χ2v) is 18.0. The van der Waals surface area contributed by atoms with Crippen molar-refractivity contribution >= 4 is 22.9 Å². The van der Waals surface area contributed by atoms with Gasteiger partial charge in [-0.05, 0) is 104 Å². The zero-order valence-corrected chi connectivity index (χ0v) is 32.2. The molecule has 4 nitrogen and oxygen atoms in total. The first-order valence-corrected chi connectivity index (χ1v) is 18.0. The number of para-hydroxylation sites is 2. The van der Waals surface area contributed by atoms with Gasteiger partial charge in [0.2, 0.25) is 5.89 Å². The summed E-state index contributed by atoms with van der Waals surface area (Å²) >= 11 is 0. The summed E-state index contributed by atoms with van der Waals surface area (Å²) in [5, 5.41) is 2.31. The molecule has 260 valence electrons. The number of nitrogens with zero attached hydrogens (tertiary/aromatic N) is 2. The average molecular weight is 666 g/mol. The quantitative estimate of drug-likeness (QED) is 0.203. The van der Waals surface area contributed by atoms with E-state index in [-0.39, 0.29) is 27.7 Å². The van der Waals surface area contributed by atoms with Gasteiger partial charge in [-0.3, -0.25) is 10.4 Å². The molecule has 5 aromatic rings. The standard InChI is InChI=1S/C46H55N3O/c1-43(2,3)32-20-25-37(45(7,8)9)31(27-32)17-22-34-29-40(36-28-33(44(4,5)6)21-26-38(36)46(10,11)12)49(48-34)35-23-18-30(19-24-35)42-47-39-15-13-14-16-41(39)50-42/h13-29,40,48H,1-12H3. The minimum Gasteiger partial charge on any atom is -0.436 e. The first-order chi connectivity index (χ1) is 23.3. The Morgan fingerprint density at radius 3 is 1.84 bits per heavy atom. The lowest BCUT2D eigenvalue weighted by Gasteiger charge is -2.33. The fourth-order valence-electron chi connectivity index (χ4n) is 6.78. The summed E-state index contributed by atoms with van der Waals surface area (Å²) in [6.45, 7) is 27.5.